The van der Waals surface area contributed by atoms with Gasteiger partial charge in [-0.1, -0.05) is 6.42 Å². The van der Waals surface area contributed by atoms with Gasteiger partial charge >= 0.3 is 5.97 Å². The molecule has 1 aromatic carbocycles. The molecule has 1 fully saturated rings. The monoisotopic (exact) mass is 258 g/mol. The molecule has 1 N–H and O–H groups in total. The second-order valence-corrected chi connectivity index (χ2v) is 4.88. The Morgan fingerprint density at radius 2 is 2.00 bits per heavy atom. The first-order valence-corrected chi connectivity index (χ1v) is 6.38. The fraction of sp³-hybridized carbons (Fsp3) is 0.357. The first kappa shape index (κ1) is 11.9. The number of carboxylic acids is 1. The fourth-order valence-electron chi connectivity index (χ4n) is 2.15. The van der Waals surface area contributed by atoms with Crippen molar-refractivity contribution >= 4 is 5.97 Å². The van der Waals surface area contributed by atoms with E-state index < -0.39 is 5.97 Å². The smallest absolute Gasteiger partial charge is 0.335 e. The third kappa shape index (κ3) is 2.50. The van der Waals surface area contributed by atoms with Crippen LogP contribution in [0.25, 0.3) is 11.5 Å². The van der Waals surface area contributed by atoms with E-state index in [4.69, 9.17) is 9.52 Å². The first-order valence-electron chi connectivity index (χ1n) is 6.38. The van der Waals surface area contributed by atoms with Crippen molar-refractivity contribution in [1.29, 1.82) is 0 Å². The minimum Gasteiger partial charge on any atom is -0.478 e. The largest absolute Gasteiger partial charge is 0.478 e. The molecule has 0 radical (unpaired) electrons. The molecule has 1 aliphatic rings. The van der Waals surface area contributed by atoms with Crippen LogP contribution < -0.4 is 0 Å². The van der Waals surface area contributed by atoms with Gasteiger partial charge in [-0.15, -0.1) is 10.2 Å². The molecule has 0 saturated heterocycles. The quantitative estimate of drug-likeness (QED) is 0.912. The molecule has 0 bridgehead atoms. The number of aromatic nitrogens is 2. The van der Waals surface area contributed by atoms with Crippen LogP contribution in [-0.2, 0) is 6.42 Å². The van der Waals surface area contributed by atoms with Crippen LogP contribution in [0, 0.1) is 5.92 Å². The molecule has 0 aliphatic heterocycles. The normalized spacial score (nSPS) is 15.2. The van der Waals surface area contributed by atoms with Gasteiger partial charge in [0.25, 0.3) is 0 Å². The summed E-state index contributed by atoms with van der Waals surface area (Å²) in [6.07, 6.45) is 4.62. The maximum absolute atomic E-state index is 10.8. The van der Waals surface area contributed by atoms with E-state index >= 15 is 0 Å². The minimum atomic E-state index is -0.942. The molecule has 98 valence electrons. The molecule has 1 aliphatic carbocycles. The molecule has 0 spiro atoms. The van der Waals surface area contributed by atoms with Crippen molar-refractivity contribution in [1.82, 2.24) is 10.2 Å². The summed E-state index contributed by atoms with van der Waals surface area (Å²) in [7, 11) is 0. The summed E-state index contributed by atoms with van der Waals surface area (Å²) in [5.41, 5.74) is 0.996. The summed E-state index contributed by atoms with van der Waals surface area (Å²) in [4.78, 5) is 10.8. The molecule has 5 nitrogen and oxygen atoms in total. The predicted molar refractivity (Wildman–Crippen MR) is 67.7 cm³/mol. The topological polar surface area (TPSA) is 76.2 Å². The van der Waals surface area contributed by atoms with Crippen molar-refractivity contribution in [3.63, 3.8) is 0 Å². The maximum atomic E-state index is 10.8. The number of hydrogen-bond donors (Lipinski definition) is 1. The summed E-state index contributed by atoms with van der Waals surface area (Å²) in [6.45, 7) is 0. The molecule has 1 saturated carbocycles. The van der Waals surface area contributed by atoms with Crippen molar-refractivity contribution in [3.05, 3.63) is 35.7 Å². The van der Waals surface area contributed by atoms with Crippen LogP contribution in [0.1, 0.15) is 35.5 Å². The standard InChI is InChI=1S/C14H14N2O3/c17-14(18)11-6-4-10(5-7-11)13-16-15-12(19-13)8-9-2-1-3-9/h4-7,9H,1-3,8H2,(H,17,18). The van der Waals surface area contributed by atoms with E-state index in [1.54, 1.807) is 12.1 Å². The highest BCUT2D eigenvalue weighted by Crippen LogP contribution is 2.30. The zero-order chi connectivity index (χ0) is 13.2. The Hall–Kier alpha value is -2.17. The highest BCUT2D eigenvalue weighted by molar-refractivity contribution is 5.88. The lowest BCUT2D eigenvalue weighted by Crippen LogP contribution is -2.13. The van der Waals surface area contributed by atoms with Crippen LogP contribution in [0.4, 0.5) is 0 Å². The molecular weight excluding hydrogens is 244 g/mol. The predicted octanol–water partition coefficient (Wildman–Crippen LogP) is 2.78. The van der Waals surface area contributed by atoms with E-state index in [1.807, 2.05) is 0 Å². The van der Waals surface area contributed by atoms with Crippen molar-refractivity contribution < 1.29 is 14.3 Å². The third-order valence-electron chi connectivity index (χ3n) is 3.53. The Morgan fingerprint density at radius 1 is 1.26 bits per heavy atom. The Labute approximate surface area is 110 Å². The number of rotatable bonds is 4. The van der Waals surface area contributed by atoms with Crippen molar-refractivity contribution in [2.24, 2.45) is 5.92 Å². The lowest BCUT2D eigenvalue weighted by molar-refractivity contribution is 0.0697. The summed E-state index contributed by atoms with van der Waals surface area (Å²) in [5, 5.41) is 16.9. The Kier molecular flexibility index (Phi) is 3.03. The van der Waals surface area contributed by atoms with Gasteiger partial charge in [-0.05, 0) is 43.0 Å². The molecule has 1 heterocycles. The van der Waals surface area contributed by atoms with Crippen LogP contribution in [-0.4, -0.2) is 21.3 Å². The number of carbonyl (C=O) groups is 1. The SMILES string of the molecule is O=C(O)c1ccc(-c2nnc(CC3CCC3)o2)cc1. The lowest BCUT2D eigenvalue weighted by atomic mass is 9.83. The Bertz CT molecular complexity index is 585. The minimum absolute atomic E-state index is 0.248. The average molecular weight is 258 g/mol. The molecule has 3 rings (SSSR count). The molecule has 0 unspecified atom stereocenters. The molecule has 0 atom stereocenters. The van der Waals surface area contributed by atoms with Crippen molar-refractivity contribution in [2.45, 2.75) is 25.7 Å². The summed E-state index contributed by atoms with van der Waals surface area (Å²) < 4.78 is 5.61. The molecule has 5 heteroatoms. The maximum Gasteiger partial charge on any atom is 0.335 e. The van der Waals surface area contributed by atoms with Gasteiger partial charge in [-0.2, -0.15) is 0 Å². The fourth-order valence-corrected chi connectivity index (χ4v) is 2.15. The highest BCUT2D eigenvalue weighted by Gasteiger charge is 2.21. The zero-order valence-corrected chi connectivity index (χ0v) is 10.4. The lowest BCUT2D eigenvalue weighted by Gasteiger charge is -2.23. The van der Waals surface area contributed by atoms with Gasteiger partial charge in [0.1, 0.15) is 0 Å². The van der Waals surface area contributed by atoms with Crippen LogP contribution in [0.15, 0.2) is 28.7 Å². The Morgan fingerprint density at radius 3 is 2.58 bits per heavy atom. The van der Waals surface area contributed by atoms with E-state index in [9.17, 15) is 4.79 Å². The van der Waals surface area contributed by atoms with Crippen LogP contribution >= 0.6 is 0 Å². The number of aromatic carboxylic acids is 1. The van der Waals surface area contributed by atoms with E-state index in [1.165, 1.54) is 31.4 Å². The summed E-state index contributed by atoms with van der Waals surface area (Å²) in [5.74, 6) is 0.860. The van der Waals surface area contributed by atoms with Gasteiger partial charge in [-0.25, -0.2) is 4.79 Å². The molecule has 19 heavy (non-hydrogen) atoms. The summed E-state index contributed by atoms with van der Waals surface area (Å²) in [6, 6.07) is 6.44. The van der Waals surface area contributed by atoms with E-state index in [-0.39, 0.29) is 5.56 Å². The van der Waals surface area contributed by atoms with E-state index in [0.29, 0.717) is 17.7 Å². The van der Waals surface area contributed by atoms with Crippen molar-refractivity contribution in [3.8, 4) is 11.5 Å². The average Bonchev–Trinajstić information content (AvgIpc) is 2.82. The number of hydrogen-bond acceptors (Lipinski definition) is 4. The Balaban J connectivity index is 1.75. The second kappa shape index (κ2) is 4.84. The molecule has 2 aromatic rings. The van der Waals surface area contributed by atoms with Gasteiger partial charge in [0.15, 0.2) is 0 Å². The highest BCUT2D eigenvalue weighted by atomic mass is 16.4. The van der Waals surface area contributed by atoms with Gasteiger partial charge in [0.05, 0.1) is 5.56 Å². The van der Waals surface area contributed by atoms with E-state index in [2.05, 4.69) is 10.2 Å². The van der Waals surface area contributed by atoms with Gasteiger partial charge in [-0.3, -0.25) is 0 Å². The number of carboxylic acid groups (broad SMARTS) is 1. The van der Waals surface area contributed by atoms with Crippen LogP contribution in [0.3, 0.4) is 0 Å². The number of benzene rings is 1. The molecule has 1 aromatic heterocycles. The second-order valence-electron chi connectivity index (χ2n) is 4.88. The number of nitrogens with zero attached hydrogens (tertiary/aromatic N) is 2. The van der Waals surface area contributed by atoms with Crippen LogP contribution in [0.5, 0.6) is 0 Å². The molecular formula is C14H14N2O3. The van der Waals surface area contributed by atoms with Gasteiger partial charge in [0.2, 0.25) is 11.8 Å². The van der Waals surface area contributed by atoms with Crippen molar-refractivity contribution in [2.75, 3.05) is 0 Å². The van der Waals surface area contributed by atoms with E-state index in [0.717, 1.165) is 12.0 Å². The van der Waals surface area contributed by atoms with Crippen LogP contribution in [0.2, 0.25) is 0 Å². The van der Waals surface area contributed by atoms with Gasteiger partial charge in [0, 0.05) is 12.0 Å². The third-order valence-corrected chi connectivity index (χ3v) is 3.53. The van der Waals surface area contributed by atoms with Gasteiger partial charge < -0.3 is 9.52 Å². The first-order chi connectivity index (χ1) is 9.22. The zero-order valence-electron chi connectivity index (χ0n) is 10.4. The molecule has 0 amide bonds. The summed E-state index contributed by atoms with van der Waals surface area (Å²) >= 11 is 0.